The zero-order chi connectivity index (χ0) is 35.1. The van der Waals surface area contributed by atoms with E-state index in [1.807, 2.05) is 18.2 Å². The number of benzene rings is 2. The van der Waals surface area contributed by atoms with Crippen molar-refractivity contribution in [2.24, 2.45) is 23.7 Å². The first-order valence-corrected chi connectivity index (χ1v) is 20.1. The molecule has 1 saturated heterocycles. The van der Waals surface area contributed by atoms with Gasteiger partial charge in [-0.3, -0.25) is 9.52 Å². The lowest BCUT2D eigenvalue weighted by atomic mass is 9.71. The number of carbonyl (C=O) groups excluding carboxylic acids is 1. The van der Waals surface area contributed by atoms with Gasteiger partial charge in [0.05, 0.1) is 31.5 Å². The number of fused-ring (bicyclic) bond motifs is 1. The fourth-order valence-electron chi connectivity index (χ4n) is 7.25. The molecule has 2 aliphatic heterocycles. The third kappa shape index (κ3) is 10.0. The summed E-state index contributed by atoms with van der Waals surface area (Å²) in [5.74, 6) is 2.71. The molecule has 0 spiro atoms. The molecular formula is C39H58ClN3O5S. The molecule has 1 amide bonds. The van der Waals surface area contributed by atoms with Crippen LogP contribution in [0.15, 0.2) is 36.4 Å². The third-order valence-corrected chi connectivity index (χ3v) is 12.7. The zero-order valence-electron chi connectivity index (χ0n) is 30.4. The lowest BCUT2D eigenvalue weighted by Crippen LogP contribution is -2.46. The van der Waals surface area contributed by atoms with Crippen LogP contribution in [0.3, 0.4) is 0 Å². The Balaban J connectivity index is 1.36. The zero-order valence-corrected chi connectivity index (χ0v) is 32.0. The van der Waals surface area contributed by atoms with E-state index in [-0.39, 0.29) is 24.0 Å². The van der Waals surface area contributed by atoms with Gasteiger partial charge >= 0.3 is 0 Å². The number of likely N-dealkylation sites (N-methyl/N-ethyl adjacent to an activating group) is 1. The van der Waals surface area contributed by atoms with E-state index in [0.29, 0.717) is 54.9 Å². The third-order valence-electron chi connectivity index (χ3n) is 11.2. The first-order valence-electron chi connectivity index (χ1n) is 18.4. The lowest BCUT2D eigenvalue weighted by Gasteiger charge is -2.43. The van der Waals surface area contributed by atoms with E-state index in [4.69, 9.17) is 25.8 Å². The predicted octanol–water partition coefficient (Wildman–Crippen LogP) is 7.46. The number of amides is 1. The molecule has 10 heteroatoms. The minimum Gasteiger partial charge on any atom is -0.491 e. The number of ether oxygens (including phenoxy) is 3. The molecule has 1 aliphatic carbocycles. The second kappa shape index (κ2) is 17.9. The van der Waals surface area contributed by atoms with Crippen LogP contribution in [-0.2, 0) is 26.9 Å². The topological polar surface area (TPSA) is 80.3 Å². The lowest BCUT2D eigenvalue weighted by molar-refractivity contribution is -0.212. The Morgan fingerprint density at radius 2 is 1.80 bits per heavy atom. The SMILES string of the molecule is CCCCc1cc(Cl)ccc1C1COc2ccc(C(=O)NS(=O)CC(C)[C@@H](C)CC)cc2N(CC2CCC2CC2OCC(N(C)C)CO2)C1. The van der Waals surface area contributed by atoms with Gasteiger partial charge in [-0.05, 0) is 105 Å². The van der Waals surface area contributed by atoms with E-state index in [1.54, 1.807) is 6.07 Å². The molecule has 8 nitrogen and oxygen atoms in total. The summed E-state index contributed by atoms with van der Waals surface area (Å²) in [5, 5.41) is 0.762. The van der Waals surface area contributed by atoms with Gasteiger partial charge in [0.15, 0.2) is 6.29 Å². The Morgan fingerprint density at radius 3 is 2.47 bits per heavy atom. The summed E-state index contributed by atoms with van der Waals surface area (Å²) in [5.41, 5.74) is 3.98. The van der Waals surface area contributed by atoms with Gasteiger partial charge < -0.3 is 24.0 Å². The number of anilines is 1. The van der Waals surface area contributed by atoms with Crippen LogP contribution in [0.2, 0.25) is 5.02 Å². The average Bonchev–Trinajstić information content (AvgIpc) is 3.26. The van der Waals surface area contributed by atoms with Crippen molar-refractivity contribution in [3.05, 3.63) is 58.1 Å². The molecule has 2 fully saturated rings. The van der Waals surface area contributed by atoms with E-state index in [1.165, 1.54) is 11.1 Å². The maximum atomic E-state index is 13.4. The second-order valence-electron chi connectivity index (χ2n) is 14.9. The van der Waals surface area contributed by atoms with E-state index in [0.717, 1.165) is 74.5 Å². The Kier molecular flexibility index (Phi) is 13.9. The fourth-order valence-corrected chi connectivity index (χ4v) is 8.66. The quantitative estimate of drug-likeness (QED) is 0.205. The number of hydrogen-bond acceptors (Lipinski definition) is 7. The maximum absolute atomic E-state index is 13.4. The van der Waals surface area contributed by atoms with Crippen molar-refractivity contribution in [1.29, 1.82) is 0 Å². The molecule has 0 bridgehead atoms. The Hall–Kier alpha value is -2.17. The molecule has 1 saturated carbocycles. The van der Waals surface area contributed by atoms with Crippen molar-refractivity contribution in [2.45, 2.75) is 90.9 Å². The summed E-state index contributed by atoms with van der Waals surface area (Å²) in [6, 6.07) is 12.2. The highest BCUT2D eigenvalue weighted by molar-refractivity contribution is 7.83. The molecule has 0 radical (unpaired) electrons. The minimum atomic E-state index is -1.45. The number of nitrogens with one attached hydrogen (secondary N) is 1. The molecule has 49 heavy (non-hydrogen) atoms. The van der Waals surface area contributed by atoms with Crippen LogP contribution in [0.4, 0.5) is 5.69 Å². The molecule has 5 unspecified atom stereocenters. The minimum absolute atomic E-state index is 0.134. The largest absolute Gasteiger partial charge is 0.491 e. The summed E-state index contributed by atoms with van der Waals surface area (Å²) in [6.45, 7) is 12.2. The molecule has 2 aromatic carbocycles. The number of aryl methyl sites for hydroxylation is 1. The molecular weight excluding hydrogens is 658 g/mol. The van der Waals surface area contributed by atoms with Crippen molar-refractivity contribution in [2.75, 3.05) is 57.7 Å². The highest BCUT2D eigenvalue weighted by Gasteiger charge is 2.38. The van der Waals surface area contributed by atoms with Gasteiger partial charge in [0.2, 0.25) is 0 Å². The first kappa shape index (κ1) is 38.1. The average molecular weight is 716 g/mol. The molecule has 2 heterocycles. The van der Waals surface area contributed by atoms with E-state index < -0.39 is 11.0 Å². The van der Waals surface area contributed by atoms with Crippen LogP contribution in [0.5, 0.6) is 5.75 Å². The number of carbonyl (C=O) groups is 1. The Labute approximate surface area is 302 Å². The van der Waals surface area contributed by atoms with E-state index in [9.17, 15) is 9.00 Å². The highest BCUT2D eigenvalue weighted by atomic mass is 35.5. The monoisotopic (exact) mass is 715 g/mol. The van der Waals surface area contributed by atoms with E-state index in [2.05, 4.69) is 68.4 Å². The number of unbranched alkanes of at least 4 members (excludes halogenated alkanes) is 1. The Bertz CT molecular complexity index is 1420. The van der Waals surface area contributed by atoms with Crippen molar-refractivity contribution >= 4 is 34.2 Å². The van der Waals surface area contributed by atoms with E-state index >= 15 is 0 Å². The molecule has 1 N–H and O–H groups in total. The van der Waals surface area contributed by atoms with Crippen molar-refractivity contribution in [1.82, 2.24) is 9.62 Å². The van der Waals surface area contributed by atoms with Gasteiger partial charge in [0.25, 0.3) is 5.91 Å². The summed E-state index contributed by atoms with van der Waals surface area (Å²) < 4.78 is 34.5. The number of nitrogens with zero attached hydrogens (tertiary/aromatic N) is 2. The van der Waals surface area contributed by atoms with Gasteiger partial charge in [-0.15, -0.1) is 0 Å². The summed E-state index contributed by atoms with van der Waals surface area (Å²) in [6.07, 6.45) is 7.25. The maximum Gasteiger partial charge on any atom is 0.263 e. The normalized spacial score (nSPS) is 25.8. The van der Waals surface area contributed by atoms with Crippen LogP contribution in [-0.4, -0.2) is 80.1 Å². The van der Waals surface area contributed by atoms with Crippen molar-refractivity contribution in [3.8, 4) is 5.75 Å². The summed E-state index contributed by atoms with van der Waals surface area (Å²) in [4.78, 5) is 18.0. The van der Waals surface area contributed by atoms with Gasteiger partial charge in [-0.2, -0.15) is 0 Å². The van der Waals surface area contributed by atoms with Crippen LogP contribution in [0, 0.1) is 23.7 Å². The number of halogens is 1. The standard InChI is InChI=1S/C39H58ClN3O5S/c1-7-9-10-29-17-33(40)14-15-35(29)32-21-43(20-31-12-11-28(31)19-38-47-23-34(24-48-38)42(5)6)36-18-30(13-16-37(36)46-22-32)39(44)41-49(45)25-27(4)26(3)8-2/h13-18,26-28,31-32,34,38H,7-12,19-25H2,1-6H3,(H,41,44)/t26-,27?,28?,31?,32?,34?,38?,49?/m0/s1. The molecule has 0 aromatic heterocycles. The fraction of sp³-hybridized carbons (Fsp3) is 0.667. The van der Waals surface area contributed by atoms with Crippen LogP contribution >= 0.6 is 11.6 Å². The van der Waals surface area contributed by atoms with Gasteiger partial charge in [-0.1, -0.05) is 58.2 Å². The Morgan fingerprint density at radius 1 is 1.04 bits per heavy atom. The van der Waals surface area contributed by atoms with Gasteiger partial charge in [-0.25, -0.2) is 4.21 Å². The smallest absolute Gasteiger partial charge is 0.263 e. The molecule has 2 aromatic rings. The predicted molar refractivity (Wildman–Crippen MR) is 200 cm³/mol. The highest BCUT2D eigenvalue weighted by Crippen LogP contribution is 2.43. The van der Waals surface area contributed by atoms with Crippen molar-refractivity contribution < 1.29 is 23.2 Å². The molecule has 3 aliphatic rings. The van der Waals surface area contributed by atoms with Crippen LogP contribution in [0.25, 0.3) is 0 Å². The van der Waals surface area contributed by atoms with Crippen LogP contribution < -0.4 is 14.4 Å². The molecule has 5 rings (SSSR count). The molecule has 272 valence electrons. The van der Waals surface area contributed by atoms with Gasteiger partial charge in [0.1, 0.15) is 16.7 Å². The molecule has 6 atom stereocenters. The van der Waals surface area contributed by atoms with Crippen molar-refractivity contribution in [3.63, 3.8) is 0 Å². The second-order valence-corrected chi connectivity index (χ2v) is 16.6. The van der Waals surface area contributed by atoms with Gasteiger partial charge in [0, 0.05) is 41.8 Å². The first-order chi connectivity index (χ1) is 23.6. The number of rotatable bonds is 15. The summed E-state index contributed by atoms with van der Waals surface area (Å²) in [7, 11) is 2.68. The summed E-state index contributed by atoms with van der Waals surface area (Å²) >= 11 is 6.49. The number of hydrogen-bond donors (Lipinski definition) is 1. The van der Waals surface area contributed by atoms with Crippen LogP contribution in [0.1, 0.15) is 93.6 Å².